The minimum absolute atomic E-state index is 0.192. The second-order valence-corrected chi connectivity index (χ2v) is 7.64. The lowest BCUT2D eigenvalue weighted by Gasteiger charge is -2.00. The molecule has 2 aromatic carbocycles. The van der Waals surface area contributed by atoms with Gasteiger partial charge in [-0.3, -0.25) is 4.79 Å². The van der Waals surface area contributed by atoms with Crippen molar-refractivity contribution in [1.82, 2.24) is 4.57 Å². The zero-order chi connectivity index (χ0) is 16.4. The van der Waals surface area contributed by atoms with Crippen LogP contribution in [0.15, 0.2) is 52.4 Å². The second kappa shape index (κ2) is 6.72. The van der Waals surface area contributed by atoms with Crippen molar-refractivity contribution in [3.63, 3.8) is 0 Å². The highest BCUT2D eigenvalue weighted by Crippen LogP contribution is 2.20. The van der Waals surface area contributed by atoms with Gasteiger partial charge in [-0.05, 0) is 48.6 Å². The second-order valence-electron chi connectivity index (χ2n) is 5.29. The molecule has 0 aliphatic rings. The third kappa shape index (κ3) is 3.41. The molecule has 0 aliphatic heterocycles. The quantitative estimate of drug-likeness (QED) is 0.661. The average Bonchev–Trinajstić information content (AvgIpc) is 2.83. The largest absolute Gasteiger partial charge is 0.319 e. The predicted molar refractivity (Wildman–Crippen MR) is 98.3 cm³/mol. The van der Waals surface area contributed by atoms with Gasteiger partial charge in [-0.25, -0.2) is 0 Å². The Morgan fingerprint density at radius 2 is 2.09 bits per heavy atom. The molecule has 1 amide bonds. The van der Waals surface area contributed by atoms with Gasteiger partial charge in [-0.1, -0.05) is 30.4 Å². The van der Waals surface area contributed by atoms with E-state index in [1.165, 1.54) is 5.56 Å². The third-order valence-electron chi connectivity index (χ3n) is 3.55. The molecule has 3 aromatic rings. The number of aryl methyl sites for hydroxylation is 2. The molecule has 118 valence electrons. The van der Waals surface area contributed by atoms with Crippen LogP contribution in [0.2, 0.25) is 0 Å². The standard InChI is InChI=1S/C18H18N2OS2/c1-4-22-14-7-5-6-13(11-14)17(21)19-18-20(3)15-9-8-12(2)10-16(15)23-18/h5-11H,4H2,1-3H3. The fourth-order valence-electron chi connectivity index (χ4n) is 2.38. The first kappa shape index (κ1) is 16.0. The summed E-state index contributed by atoms with van der Waals surface area (Å²) in [5, 5.41) is 0. The first-order valence-corrected chi connectivity index (χ1v) is 9.27. The zero-order valence-corrected chi connectivity index (χ0v) is 15.0. The van der Waals surface area contributed by atoms with Crippen molar-refractivity contribution < 1.29 is 4.79 Å². The van der Waals surface area contributed by atoms with E-state index in [9.17, 15) is 4.79 Å². The van der Waals surface area contributed by atoms with Crippen molar-refractivity contribution in [3.8, 4) is 0 Å². The predicted octanol–water partition coefficient (Wildman–Crippen LogP) is 4.40. The number of carbonyl (C=O) groups is 1. The summed E-state index contributed by atoms with van der Waals surface area (Å²) in [4.78, 5) is 18.6. The van der Waals surface area contributed by atoms with E-state index in [4.69, 9.17) is 0 Å². The van der Waals surface area contributed by atoms with Crippen LogP contribution in [0.1, 0.15) is 22.8 Å². The Hall–Kier alpha value is -1.85. The average molecular weight is 342 g/mol. The minimum atomic E-state index is -0.192. The molecule has 1 aromatic heterocycles. The van der Waals surface area contributed by atoms with Crippen LogP contribution in [0.3, 0.4) is 0 Å². The van der Waals surface area contributed by atoms with Crippen molar-refractivity contribution in [3.05, 3.63) is 58.4 Å². The van der Waals surface area contributed by atoms with Gasteiger partial charge in [0, 0.05) is 17.5 Å². The number of thiazole rings is 1. The smallest absolute Gasteiger partial charge is 0.279 e. The lowest BCUT2D eigenvalue weighted by Crippen LogP contribution is -2.13. The van der Waals surface area contributed by atoms with Crippen molar-refractivity contribution >= 4 is 39.2 Å². The summed E-state index contributed by atoms with van der Waals surface area (Å²) >= 11 is 3.27. The lowest BCUT2D eigenvalue weighted by atomic mass is 10.2. The normalized spacial score (nSPS) is 12.0. The molecule has 0 atom stereocenters. The van der Waals surface area contributed by atoms with Crippen LogP contribution in [0.5, 0.6) is 0 Å². The monoisotopic (exact) mass is 342 g/mol. The Balaban J connectivity index is 2.02. The van der Waals surface area contributed by atoms with E-state index >= 15 is 0 Å². The zero-order valence-electron chi connectivity index (χ0n) is 13.4. The van der Waals surface area contributed by atoms with Gasteiger partial charge in [0.25, 0.3) is 5.91 Å². The summed E-state index contributed by atoms with van der Waals surface area (Å²) in [6.07, 6.45) is 0. The molecule has 0 N–H and O–H groups in total. The number of hydrogen-bond donors (Lipinski definition) is 0. The molecular formula is C18H18N2OS2. The van der Waals surface area contributed by atoms with Crippen molar-refractivity contribution in [2.45, 2.75) is 18.7 Å². The molecule has 0 saturated heterocycles. The van der Waals surface area contributed by atoms with Gasteiger partial charge < -0.3 is 4.57 Å². The van der Waals surface area contributed by atoms with E-state index in [0.29, 0.717) is 5.56 Å². The van der Waals surface area contributed by atoms with Crippen LogP contribution in [-0.2, 0) is 7.05 Å². The molecule has 1 heterocycles. The SMILES string of the molecule is CCSc1cccc(C(=O)N=c2sc3cc(C)ccc3n2C)c1. The molecule has 0 saturated carbocycles. The van der Waals surface area contributed by atoms with Crippen molar-refractivity contribution in [2.24, 2.45) is 12.0 Å². The van der Waals surface area contributed by atoms with E-state index < -0.39 is 0 Å². The summed E-state index contributed by atoms with van der Waals surface area (Å²) in [5.74, 6) is 0.793. The van der Waals surface area contributed by atoms with E-state index in [1.54, 1.807) is 23.1 Å². The maximum absolute atomic E-state index is 12.5. The van der Waals surface area contributed by atoms with Crippen LogP contribution < -0.4 is 4.80 Å². The van der Waals surface area contributed by atoms with Gasteiger partial charge in [-0.15, -0.1) is 11.8 Å². The first-order chi connectivity index (χ1) is 11.1. The molecule has 5 heteroatoms. The maximum Gasteiger partial charge on any atom is 0.279 e. The number of hydrogen-bond acceptors (Lipinski definition) is 3. The van der Waals surface area contributed by atoms with Gasteiger partial charge in [0.15, 0.2) is 4.80 Å². The first-order valence-electron chi connectivity index (χ1n) is 7.46. The minimum Gasteiger partial charge on any atom is -0.319 e. The molecule has 0 spiro atoms. The summed E-state index contributed by atoms with van der Waals surface area (Å²) in [6, 6.07) is 13.9. The number of rotatable bonds is 3. The Kier molecular flexibility index (Phi) is 4.68. The van der Waals surface area contributed by atoms with Gasteiger partial charge in [0.1, 0.15) is 0 Å². The molecule has 3 nitrogen and oxygen atoms in total. The molecule has 0 aliphatic carbocycles. The van der Waals surface area contributed by atoms with Crippen LogP contribution in [0, 0.1) is 6.92 Å². The maximum atomic E-state index is 12.5. The summed E-state index contributed by atoms with van der Waals surface area (Å²) in [6.45, 7) is 4.17. The Bertz CT molecular complexity index is 938. The van der Waals surface area contributed by atoms with Crippen LogP contribution in [0.25, 0.3) is 10.2 Å². The lowest BCUT2D eigenvalue weighted by molar-refractivity contribution is 0.0997. The van der Waals surface area contributed by atoms with Gasteiger partial charge >= 0.3 is 0 Å². The Labute approximate surface area is 143 Å². The van der Waals surface area contributed by atoms with Crippen LogP contribution in [-0.4, -0.2) is 16.2 Å². The number of thioether (sulfide) groups is 1. The summed E-state index contributed by atoms with van der Waals surface area (Å²) in [7, 11) is 1.95. The van der Waals surface area contributed by atoms with E-state index in [-0.39, 0.29) is 5.91 Å². The third-order valence-corrected chi connectivity index (χ3v) is 5.52. The number of aromatic nitrogens is 1. The number of nitrogens with zero attached hydrogens (tertiary/aromatic N) is 2. The van der Waals surface area contributed by atoms with Crippen LogP contribution >= 0.6 is 23.1 Å². The fourth-order valence-corrected chi connectivity index (χ4v) is 4.22. The summed E-state index contributed by atoms with van der Waals surface area (Å²) < 4.78 is 3.12. The highest BCUT2D eigenvalue weighted by Gasteiger charge is 2.08. The molecular weight excluding hydrogens is 324 g/mol. The number of benzene rings is 2. The fraction of sp³-hybridized carbons (Fsp3) is 0.222. The Morgan fingerprint density at radius 3 is 2.87 bits per heavy atom. The summed E-state index contributed by atoms with van der Waals surface area (Å²) in [5.41, 5.74) is 2.95. The van der Waals surface area contributed by atoms with Crippen LogP contribution in [0.4, 0.5) is 0 Å². The molecule has 23 heavy (non-hydrogen) atoms. The van der Waals surface area contributed by atoms with E-state index in [1.807, 2.05) is 35.9 Å². The number of fused-ring (bicyclic) bond motifs is 1. The molecule has 0 fully saturated rings. The van der Waals surface area contributed by atoms with Gasteiger partial charge in [0.2, 0.25) is 0 Å². The molecule has 0 bridgehead atoms. The highest BCUT2D eigenvalue weighted by molar-refractivity contribution is 7.99. The topological polar surface area (TPSA) is 34.4 Å². The molecule has 3 rings (SSSR count). The molecule has 0 unspecified atom stereocenters. The van der Waals surface area contributed by atoms with E-state index in [0.717, 1.165) is 25.7 Å². The number of amides is 1. The van der Waals surface area contributed by atoms with Gasteiger partial charge in [-0.2, -0.15) is 4.99 Å². The van der Waals surface area contributed by atoms with E-state index in [2.05, 4.69) is 37.0 Å². The Morgan fingerprint density at radius 1 is 1.26 bits per heavy atom. The van der Waals surface area contributed by atoms with Crippen molar-refractivity contribution in [1.29, 1.82) is 0 Å². The van der Waals surface area contributed by atoms with Crippen molar-refractivity contribution in [2.75, 3.05) is 5.75 Å². The number of carbonyl (C=O) groups excluding carboxylic acids is 1. The highest BCUT2D eigenvalue weighted by atomic mass is 32.2. The van der Waals surface area contributed by atoms with Gasteiger partial charge in [0.05, 0.1) is 10.2 Å². The molecule has 0 radical (unpaired) electrons.